The number of rotatable bonds is 4. The smallest absolute Gasteiger partial charge is 0.0696 e. The first-order chi connectivity index (χ1) is 9.35. The quantitative estimate of drug-likeness (QED) is 0.810. The average Bonchev–Trinajstić information content (AvgIpc) is 2.49. The summed E-state index contributed by atoms with van der Waals surface area (Å²) in [4.78, 5) is 5.02. The van der Waals surface area contributed by atoms with Crippen molar-refractivity contribution in [1.29, 1.82) is 0 Å². The van der Waals surface area contributed by atoms with Crippen LogP contribution in [-0.2, 0) is 0 Å². The average molecular weight is 256 g/mol. The monoisotopic (exact) mass is 256 g/mol. The minimum Gasteiger partial charge on any atom is -0.404 e. The normalized spacial score (nSPS) is 18.6. The molecule has 1 fully saturated rings. The van der Waals surface area contributed by atoms with Crippen molar-refractivity contribution in [2.45, 2.75) is 51.5 Å². The Bertz CT molecular complexity index is 440. The van der Waals surface area contributed by atoms with Crippen LogP contribution in [0.5, 0.6) is 0 Å². The lowest BCUT2D eigenvalue weighted by Gasteiger charge is -2.20. The second-order valence-corrected chi connectivity index (χ2v) is 5.18. The largest absolute Gasteiger partial charge is 0.404 e. The van der Waals surface area contributed by atoms with E-state index in [0.717, 1.165) is 17.7 Å². The Morgan fingerprint density at radius 3 is 2.47 bits per heavy atom. The van der Waals surface area contributed by atoms with Crippen molar-refractivity contribution in [3.05, 3.63) is 47.7 Å². The van der Waals surface area contributed by atoms with Gasteiger partial charge in [0.05, 0.1) is 11.8 Å². The molecule has 0 amide bonds. The fourth-order valence-electron chi connectivity index (χ4n) is 2.70. The van der Waals surface area contributed by atoms with E-state index in [4.69, 9.17) is 10.7 Å². The molecule has 0 spiro atoms. The van der Waals surface area contributed by atoms with Gasteiger partial charge in [-0.3, -0.25) is 4.99 Å². The highest BCUT2D eigenvalue weighted by molar-refractivity contribution is 6.12. The molecule has 2 rings (SSSR count). The summed E-state index contributed by atoms with van der Waals surface area (Å²) in [5, 5.41) is 0. The number of hydrogen-bond acceptors (Lipinski definition) is 2. The van der Waals surface area contributed by atoms with E-state index in [9.17, 15) is 0 Å². The van der Waals surface area contributed by atoms with Gasteiger partial charge < -0.3 is 5.73 Å². The van der Waals surface area contributed by atoms with E-state index in [1.165, 1.54) is 37.7 Å². The first-order valence-electron chi connectivity index (χ1n) is 7.39. The fourth-order valence-corrected chi connectivity index (χ4v) is 2.70. The summed E-state index contributed by atoms with van der Waals surface area (Å²) in [5.41, 5.74) is 9.22. The van der Waals surface area contributed by atoms with Crippen LogP contribution < -0.4 is 5.73 Å². The van der Waals surface area contributed by atoms with Gasteiger partial charge in [0.2, 0.25) is 0 Å². The van der Waals surface area contributed by atoms with Crippen LogP contribution in [0.3, 0.4) is 0 Å². The van der Waals surface area contributed by atoms with Gasteiger partial charge in [-0.25, -0.2) is 0 Å². The number of allylic oxidation sites excluding steroid dienone is 1. The molecule has 0 radical (unpaired) electrons. The van der Waals surface area contributed by atoms with Gasteiger partial charge in [-0.2, -0.15) is 0 Å². The van der Waals surface area contributed by atoms with Crippen molar-refractivity contribution in [3.63, 3.8) is 0 Å². The Labute approximate surface area is 116 Å². The molecule has 0 heterocycles. The van der Waals surface area contributed by atoms with Gasteiger partial charge in [-0.15, -0.1) is 0 Å². The van der Waals surface area contributed by atoms with Gasteiger partial charge in [0.1, 0.15) is 0 Å². The van der Waals surface area contributed by atoms with E-state index in [0.29, 0.717) is 6.04 Å². The molecule has 0 atom stereocenters. The van der Waals surface area contributed by atoms with Crippen LogP contribution in [0.2, 0.25) is 0 Å². The van der Waals surface area contributed by atoms with Gasteiger partial charge in [-0.1, -0.05) is 56.5 Å². The molecule has 0 aliphatic heterocycles. The second-order valence-electron chi connectivity index (χ2n) is 5.18. The van der Waals surface area contributed by atoms with E-state index in [-0.39, 0.29) is 0 Å². The zero-order valence-electron chi connectivity index (χ0n) is 11.8. The summed E-state index contributed by atoms with van der Waals surface area (Å²) in [5.74, 6) is 0. The molecule has 2 nitrogen and oxygen atoms in total. The molecule has 1 aliphatic carbocycles. The van der Waals surface area contributed by atoms with Gasteiger partial charge in [0, 0.05) is 0 Å². The van der Waals surface area contributed by atoms with Crippen LogP contribution in [0, 0.1) is 0 Å². The predicted molar refractivity (Wildman–Crippen MR) is 82.4 cm³/mol. The van der Waals surface area contributed by atoms with Crippen molar-refractivity contribution in [3.8, 4) is 0 Å². The summed E-state index contributed by atoms with van der Waals surface area (Å²) < 4.78 is 0. The standard InChI is InChI=1S/C17H24N2/c1-2-14(13-18)17(15-9-5-3-6-10-15)19-16-11-7-4-8-12-16/h3,5-6,9-10,13,16H,2,4,7-8,11-12,18H2,1H3/b14-13-,19-17?. The molecule has 0 aromatic heterocycles. The Morgan fingerprint density at radius 2 is 1.89 bits per heavy atom. The molecule has 1 aromatic rings. The maximum atomic E-state index is 5.78. The van der Waals surface area contributed by atoms with Crippen molar-refractivity contribution in [1.82, 2.24) is 0 Å². The van der Waals surface area contributed by atoms with Gasteiger partial charge in [-0.05, 0) is 36.6 Å². The van der Waals surface area contributed by atoms with Crippen LogP contribution in [-0.4, -0.2) is 11.8 Å². The zero-order valence-corrected chi connectivity index (χ0v) is 11.8. The summed E-state index contributed by atoms with van der Waals surface area (Å²) in [6.07, 6.45) is 9.07. The molecular weight excluding hydrogens is 232 g/mol. The van der Waals surface area contributed by atoms with E-state index < -0.39 is 0 Å². The van der Waals surface area contributed by atoms with Gasteiger partial charge >= 0.3 is 0 Å². The minimum atomic E-state index is 0.477. The first kappa shape index (κ1) is 13.9. The number of hydrogen-bond donors (Lipinski definition) is 1. The van der Waals surface area contributed by atoms with E-state index in [2.05, 4.69) is 31.2 Å². The van der Waals surface area contributed by atoms with E-state index in [1.54, 1.807) is 6.20 Å². The van der Waals surface area contributed by atoms with E-state index in [1.807, 2.05) is 6.07 Å². The molecule has 0 bridgehead atoms. The highest BCUT2D eigenvalue weighted by atomic mass is 14.8. The van der Waals surface area contributed by atoms with Crippen molar-refractivity contribution >= 4 is 5.71 Å². The lowest BCUT2D eigenvalue weighted by Crippen LogP contribution is -2.15. The molecule has 0 saturated heterocycles. The SMILES string of the molecule is CC/C(=C/N)C(=NC1CCCCC1)c1ccccc1. The molecular formula is C17H24N2. The maximum absolute atomic E-state index is 5.78. The third-order valence-electron chi connectivity index (χ3n) is 3.82. The molecule has 0 unspecified atom stereocenters. The third kappa shape index (κ3) is 3.69. The molecule has 1 aromatic carbocycles. The van der Waals surface area contributed by atoms with Crippen LogP contribution in [0.15, 0.2) is 47.1 Å². The topological polar surface area (TPSA) is 38.4 Å². The van der Waals surface area contributed by atoms with Crippen LogP contribution in [0.25, 0.3) is 0 Å². The van der Waals surface area contributed by atoms with Crippen LogP contribution in [0.4, 0.5) is 0 Å². The van der Waals surface area contributed by atoms with Crippen LogP contribution in [0.1, 0.15) is 51.0 Å². The number of aliphatic imine (C=N–C) groups is 1. The Morgan fingerprint density at radius 1 is 1.21 bits per heavy atom. The van der Waals surface area contributed by atoms with Gasteiger partial charge in [0.15, 0.2) is 0 Å². The first-order valence-corrected chi connectivity index (χ1v) is 7.39. The van der Waals surface area contributed by atoms with Crippen molar-refractivity contribution in [2.24, 2.45) is 10.7 Å². The summed E-state index contributed by atoms with van der Waals surface area (Å²) in [6.45, 7) is 2.14. The van der Waals surface area contributed by atoms with Crippen LogP contribution >= 0.6 is 0 Å². The second kappa shape index (κ2) is 7.13. The third-order valence-corrected chi connectivity index (χ3v) is 3.82. The number of nitrogens with zero attached hydrogens (tertiary/aromatic N) is 1. The van der Waals surface area contributed by atoms with Crippen molar-refractivity contribution in [2.75, 3.05) is 0 Å². The summed E-state index contributed by atoms with van der Waals surface area (Å²) in [7, 11) is 0. The Hall–Kier alpha value is -1.57. The minimum absolute atomic E-state index is 0.477. The fraction of sp³-hybridized carbons (Fsp3) is 0.471. The Kier molecular flexibility index (Phi) is 5.20. The lowest BCUT2D eigenvalue weighted by molar-refractivity contribution is 0.443. The highest BCUT2D eigenvalue weighted by Gasteiger charge is 2.15. The summed E-state index contributed by atoms with van der Waals surface area (Å²) >= 11 is 0. The molecule has 1 aliphatic rings. The summed E-state index contributed by atoms with van der Waals surface area (Å²) in [6, 6.07) is 10.9. The highest BCUT2D eigenvalue weighted by Crippen LogP contribution is 2.23. The molecule has 2 N–H and O–H groups in total. The van der Waals surface area contributed by atoms with E-state index >= 15 is 0 Å². The Balaban J connectivity index is 2.31. The van der Waals surface area contributed by atoms with Gasteiger partial charge in [0.25, 0.3) is 0 Å². The van der Waals surface area contributed by atoms with Crippen molar-refractivity contribution < 1.29 is 0 Å². The number of nitrogens with two attached hydrogens (primary N) is 1. The predicted octanol–water partition coefficient (Wildman–Crippen LogP) is 4.06. The zero-order chi connectivity index (χ0) is 13.5. The number of benzene rings is 1. The maximum Gasteiger partial charge on any atom is 0.0696 e. The molecule has 2 heteroatoms. The molecule has 102 valence electrons. The molecule has 1 saturated carbocycles. The molecule has 19 heavy (non-hydrogen) atoms. The lowest BCUT2D eigenvalue weighted by atomic mass is 9.94.